The molecule has 0 aromatic heterocycles. The SMILES string of the molecule is [CH2-]N1C[C@H]2COC[C@H]2C1. The Labute approximate surface area is 55.8 Å². The van der Waals surface area contributed by atoms with Gasteiger partial charge >= 0.3 is 0 Å². The topological polar surface area (TPSA) is 12.5 Å². The summed E-state index contributed by atoms with van der Waals surface area (Å²) < 4.78 is 5.31. The van der Waals surface area contributed by atoms with Crippen LogP contribution in [0.4, 0.5) is 0 Å². The molecule has 0 unspecified atom stereocenters. The van der Waals surface area contributed by atoms with Gasteiger partial charge in [-0.25, -0.2) is 0 Å². The van der Waals surface area contributed by atoms with Gasteiger partial charge in [0, 0.05) is 0 Å². The van der Waals surface area contributed by atoms with E-state index in [2.05, 4.69) is 11.9 Å². The minimum absolute atomic E-state index is 0.794. The Kier molecular flexibility index (Phi) is 1.24. The molecule has 0 aromatic rings. The molecule has 2 saturated heterocycles. The lowest BCUT2D eigenvalue weighted by Crippen LogP contribution is -2.14. The van der Waals surface area contributed by atoms with Crippen molar-refractivity contribution in [2.75, 3.05) is 26.3 Å². The molecule has 0 radical (unpaired) electrons. The average Bonchev–Trinajstić information content (AvgIpc) is 2.22. The summed E-state index contributed by atoms with van der Waals surface area (Å²) in [4.78, 5) is 2.15. The molecule has 2 heterocycles. The van der Waals surface area contributed by atoms with Crippen molar-refractivity contribution in [3.63, 3.8) is 0 Å². The summed E-state index contributed by atoms with van der Waals surface area (Å²) >= 11 is 0. The summed E-state index contributed by atoms with van der Waals surface area (Å²) in [6.45, 7) is 4.22. The molecule has 9 heavy (non-hydrogen) atoms. The quantitative estimate of drug-likeness (QED) is 0.434. The van der Waals surface area contributed by atoms with E-state index in [1.807, 2.05) is 0 Å². The number of fused-ring (bicyclic) bond motifs is 1. The van der Waals surface area contributed by atoms with Crippen LogP contribution in [0, 0.1) is 18.9 Å². The fourth-order valence-electron chi connectivity index (χ4n) is 1.78. The second kappa shape index (κ2) is 1.96. The lowest BCUT2D eigenvalue weighted by Gasteiger charge is -2.17. The third kappa shape index (κ3) is 0.864. The van der Waals surface area contributed by atoms with Gasteiger partial charge in [0.1, 0.15) is 0 Å². The van der Waals surface area contributed by atoms with Crippen LogP contribution in [0.5, 0.6) is 0 Å². The van der Waals surface area contributed by atoms with E-state index in [1.54, 1.807) is 0 Å². The molecule has 52 valence electrons. The largest absolute Gasteiger partial charge is 0.459 e. The summed E-state index contributed by atoms with van der Waals surface area (Å²) in [6, 6.07) is 0. The van der Waals surface area contributed by atoms with Crippen LogP contribution in [-0.2, 0) is 4.74 Å². The highest BCUT2D eigenvalue weighted by Gasteiger charge is 2.32. The molecule has 0 amide bonds. The van der Waals surface area contributed by atoms with Crippen LogP contribution in [0.15, 0.2) is 0 Å². The Hall–Kier alpha value is -0.0800. The van der Waals surface area contributed by atoms with Crippen molar-refractivity contribution >= 4 is 0 Å². The highest BCUT2D eigenvalue weighted by atomic mass is 16.5. The zero-order chi connectivity index (χ0) is 6.27. The maximum Gasteiger partial charge on any atom is 0.0509 e. The van der Waals surface area contributed by atoms with Crippen LogP contribution >= 0.6 is 0 Å². The van der Waals surface area contributed by atoms with Gasteiger partial charge < -0.3 is 9.64 Å². The van der Waals surface area contributed by atoms with Crippen molar-refractivity contribution in [1.29, 1.82) is 0 Å². The van der Waals surface area contributed by atoms with Crippen LogP contribution in [-0.4, -0.2) is 31.2 Å². The summed E-state index contributed by atoms with van der Waals surface area (Å²) in [5.41, 5.74) is 0. The predicted molar refractivity (Wildman–Crippen MR) is 34.7 cm³/mol. The van der Waals surface area contributed by atoms with Crippen molar-refractivity contribution < 1.29 is 4.74 Å². The predicted octanol–water partition coefficient (Wildman–Crippen LogP) is 0.356. The molecule has 2 aliphatic rings. The molecule has 0 spiro atoms. The van der Waals surface area contributed by atoms with Gasteiger partial charge in [0.25, 0.3) is 0 Å². The highest BCUT2D eigenvalue weighted by Crippen LogP contribution is 2.27. The first-order valence-electron chi connectivity index (χ1n) is 3.49. The zero-order valence-corrected chi connectivity index (χ0v) is 5.55. The van der Waals surface area contributed by atoms with Gasteiger partial charge in [0.2, 0.25) is 0 Å². The van der Waals surface area contributed by atoms with Gasteiger partial charge in [-0.3, -0.25) is 7.05 Å². The number of ether oxygens (including phenoxy) is 1. The third-order valence-electron chi connectivity index (χ3n) is 2.32. The molecular weight excluding hydrogens is 114 g/mol. The standard InChI is InChI=1S/C7H12NO/c1-8-2-6-4-9-5-7(6)3-8/h6-7H,1-5H2/q-1/t6-,7+. The molecule has 0 aliphatic carbocycles. The van der Waals surface area contributed by atoms with Crippen molar-refractivity contribution in [2.24, 2.45) is 11.8 Å². The van der Waals surface area contributed by atoms with Gasteiger partial charge in [0.05, 0.1) is 13.2 Å². The van der Waals surface area contributed by atoms with Gasteiger partial charge in [-0.1, -0.05) is 0 Å². The fourth-order valence-corrected chi connectivity index (χ4v) is 1.78. The summed E-state index contributed by atoms with van der Waals surface area (Å²) in [5.74, 6) is 1.59. The van der Waals surface area contributed by atoms with Gasteiger partial charge in [-0.05, 0) is 24.9 Å². The Morgan fingerprint density at radius 3 is 2.33 bits per heavy atom. The van der Waals surface area contributed by atoms with Gasteiger partial charge in [-0.15, -0.1) is 0 Å². The smallest absolute Gasteiger partial charge is 0.0509 e. The molecule has 2 heteroatoms. The first-order valence-corrected chi connectivity index (χ1v) is 3.49. The molecule has 0 bridgehead atoms. The number of hydrogen-bond acceptors (Lipinski definition) is 2. The Morgan fingerprint density at radius 1 is 1.22 bits per heavy atom. The van der Waals surface area contributed by atoms with Crippen LogP contribution < -0.4 is 0 Å². The monoisotopic (exact) mass is 126 g/mol. The van der Waals surface area contributed by atoms with Gasteiger partial charge in [0.15, 0.2) is 0 Å². The normalized spacial score (nSPS) is 43.7. The van der Waals surface area contributed by atoms with E-state index in [-0.39, 0.29) is 0 Å². The first kappa shape index (κ1) is 5.69. The minimum Gasteiger partial charge on any atom is -0.459 e. The third-order valence-corrected chi connectivity index (χ3v) is 2.32. The second-order valence-corrected chi connectivity index (χ2v) is 3.09. The first-order chi connectivity index (χ1) is 4.36. The van der Waals surface area contributed by atoms with E-state index in [9.17, 15) is 0 Å². The second-order valence-electron chi connectivity index (χ2n) is 3.09. The van der Waals surface area contributed by atoms with Crippen LogP contribution in [0.2, 0.25) is 0 Å². The number of likely N-dealkylation sites (tertiary alicyclic amines) is 1. The molecule has 2 nitrogen and oxygen atoms in total. The van der Waals surface area contributed by atoms with Crippen molar-refractivity contribution in [3.8, 4) is 0 Å². The fraction of sp³-hybridized carbons (Fsp3) is 0.857. The maximum absolute atomic E-state index is 5.31. The van der Waals surface area contributed by atoms with Crippen molar-refractivity contribution in [1.82, 2.24) is 4.90 Å². The molecule has 2 aliphatic heterocycles. The molecule has 2 fully saturated rings. The summed E-state index contributed by atoms with van der Waals surface area (Å²) in [6.07, 6.45) is 0. The van der Waals surface area contributed by atoms with Crippen LogP contribution in [0.1, 0.15) is 0 Å². The molecule has 2 atom stereocenters. The lowest BCUT2D eigenvalue weighted by molar-refractivity contribution is 0.163. The van der Waals surface area contributed by atoms with E-state index in [1.165, 1.54) is 0 Å². The summed E-state index contributed by atoms with van der Waals surface area (Å²) in [5, 5.41) is 0. The maximum atomic E-state index is 5.31. The number of nitrogens with zero attached hydrogens (tertiary/aromatic N) is 1. The minimum atomic E-state index is 0.794. The molecule has 2 rings (SSSR count). The Balaban J connectivity index is 2.02. The summed E-state index contributed by atoms with van der Waals surface area (Å²) in [7, 11) is 3.90. The molecule has 0 N–H and O–H groups in total. The Morgan fingerprint density at radius 2 is 1.78 bits per heavy atom. The molecule has 0 saturated carbocycles. The van der Waals surface area contributed by atoms with E-state index in [0.717, 1.165) is 38.1 Å². The lowest BCUT2D eigenvalue weighted by atomic mass is 10.0. The zero-order valence-electron chi connectivity index (χ0n) is 5.55. The van der Waals surface area contributed by atoms with Gasteiger partial charge in [-0.2, -0.15) is 0 Å². The van der Waals surface area contributed by atoms with Crippen LogP contribution in [0.3, 0.4) is 0 Å². The van der Waals surface area contributed by atoms with Crippen molar-refractivity contribution in [2.45, 2.75) is 0 Å². The van der Waals surface area contributed by atoms with E-state index < -0.39 is 0 Å². The van der Waals surface area contributed by atoms with E-state index in [4.69, 9.17) is 4.74 Å². The van der Waals surface area contributed by atoms with E-state index in [0.29, 0.717) is 0 Å². The van der Waals surface area contributed by atoms with Crippen molar-refractivity contribution in [3.05, 3.63) is 7.05 Å². The number of rotatable bonds is 0. The van der Waals surface area contributed by atoms with E-state index >= 15 is 0 Å². The molecular formula is C7H12NO-. The average molecular weight is 126 g/mol. The highest BCUT2D eigenvalue weighted by molar-refractivity contribution is 4.86. The Bertz CT molecular complexity index is 103. The van der Waals surface area contributed by atoms with Crippen LogP contribution in [0.25, 0.3) is 0 Å². The molecule has 0 aromatic carbocycles. The number of hydrogen-bond donors (Lipinski definition) is 0.